The first-order valence-corrected chi connectivity index (χ1v) is 6.46. The summed E-state index contributed by atoms with van der Waals surface area (Å²) in [6.07, 6.45) is 0. The number of ether oxygens (including phenoxy) is 1. The third-order valence-electron chi connectivity index (χ3n) is 2.79. The fourth-order valence-electron chi connectivity index (χ4n) is 1.74. The number of anilines is 1. The van der Waals surface area contributed by atoms with E-state index in [1.807, 2.05) is 0 Å². The van der Waals surface area contributed by atoms with Crippen LogP contribution in [0.25, 0.3) is 0 Å². The molecule has 0 saturated carbocycles. The molecule has 2 aromatic rings. The zero-order chi connectivity index (χ0) is 16.8. The van der Waals surface area contributed by atoms with Crippen molar-refractivity contribution in [2.24, 2.45) is 0 Å². The maximum absolute atomic E-state index is 12.0. The molecule has 2 N–H and O–H groups in total. The monoisotopic (exact) mass is 316 g/mol. The predicted octanol–water partition coefficient (Wildman–Crippen LogP) is 2.31. The lowest BCUT2D eigenvalue weighted by Crippen LogP contribution is -2.12. The molecule has 2 aromatic carbocycles. The summed E-state index contributed by atoms with van der Waals surface area (Å²) in [5.74, 6) is -1.23. The number of carbonyl (C=O) groups is 2. The Morgan fingerprint density at radius 2 is 1.87 bits per heavy atom. The van der Waals surface area contributed by atoms with Gasteiger partial charge in [0.2, 0.25) is 0 Å². The van der Waals surface area contributed by atoms with Gasteiger partial charge in [-0.1, -0.05) is 6.07 Å². The van der Waals surface area contributed by atoms with E-state index < -0.39 is 23.4 Å². The predicted molar refractivity (Wildman–Crippen MR) is 80.6 cm³/mol. The highest BCUT2D eigenvalue weighted by Gasteiger charge is 2.11. The molecule has 0 saturated heterocycles. The van der Waals surface area contributed by atoms with Crippen LogP contribution >= 0.6 is 0 Å². The molecule has 23 heavy (non-hydrogen) atoms. The number of carbonyl (C=O) groups excluding carboxylic acids is 1. The molecule has 8 heteroatoms. The van der Waals surface area contributed by atoms with Crippen molar-refractivity contribution >= 4 is 23.3 Å². The van der Waals surface area contributed by atoms with Crippen molar-refractivity contribution in [3.8, 4) is 5.75 Å². The number of benzene rings is 2. The Balaban J connectivity index is 2.04. The molecule has 2 rings (SSSR count). The number of rotatable bonds is 6. The van der Waals surface area contributed by atoms with Crippen LogP contribution in [0.15, 0.2) is 48.5 Å². The Morgan fingerprint density at radius 1 is 1.17 bits per heavy atom. The standard InChI is InChI=1S/C15H12N2O6/c18-14(19)9-23-13-6-4-11(5-7-13)16-15(20)10-2-1-3-12(8-10)17(21)22/h1-8H,9H2,(H,16,20)(H,18,19). The average molecular weight is 316 g/mol. The van der Waals surface area contributed by atoms with Crippen LogP contribution in [0.3, 0.4) is 0 Å². The van der Waals surface area contributed by atoms with Crippen molar-refractivity contribution in [3.63, 3.8) is 0 Å². The second-order valence-electron chi connectivity index (χ2n) is 4.47. The highest BCUT2D eigenvalue weighted by molar-refractivity contribution is 6.04. The van der Waals surface area contributed by atoms with Gasteiger partial charge in [-0.25, -0.2) is 4.79 Å². The third kappa shape index (κ3) is 4.53. The number of carboxylic acid groups (broad SMARTS) is 1. The first-order valence-electron chi connectivity index (χ1n) is 6.46. The number of nitro groups is 1. The van der Waals surface area contributed by atoms with Crippen LogP contribution in [0.2, 0.25) is 0 Å². The fourth-order valence-corrected chi connectivity index (χ4v) is 1.74. The average Bonchev–Trinajstić information content (AvgIpc) is 2.54. The van der Waals surface area contributed by atoms with Crippen LogP contribution in [-0.4, -0.2) is 28.5 Å². The number of nitrogens with zero attached hydrogens (tertiary/aromatic N) is 1. The van der Waals surface area contributed by atoms with Crippen molar-refractivity contribution in [2.45, 2.75) is 0 Å². The second-order valence-corrected chi connectivity index (χ2v) is 4.47. The van der Waals surface area contributed by atoms with Crippen molar-refractivity contribution in [1.29, 1.82) is 0 Å². The lowest BCUT2D eigenvalue weighted by atomic mass is 10.2. The Hall–Kier alpha value is -3.42. The lowest BCUT2D eigenvalue weighted by molar-refractivity contribution is -0.384. The van der Waals surface area contributed by atoms with Crippen LogP contribution in [-0.2, 0) is 4.79 Å². The number of nitrogens with one attached hydrogen (secondary N) is 1. The number of non-ortho nitro benzene ring substituents is 1. The van der Waals surface area contributed by atoms with E-state index in [9.17, 15) is 19.7 Å². The first-order chi connectivity index (χ1) is 11.0. The molecule has 1 amide bonds. The Morgan fingerprint density at radius 3 is 2.48 bits per heavy atom. The Kier molecular flexibility index (Phi) is 4.88. The van der Waals surface area contributed by atoms with Gasteiger partial charge in [-0.15, -0.1) is 0 Å². The molecule has 0 aliphatic carbocycles. The summed E-state index contributed by atoms with van der Waals surface area (Å²) >= 11 is 0. The molecular formula is C15H12N2O6. The first kappa shape index (κ1) is 16.0. The van der Waals surface area contributed by atoms with E-state index >= 15 is 0 Å². The molecule has 0 atom stereocenters. The van der Waals surface area contributed by atoms with Gasteiger partial charge in [0, 0.05) is 23.4 Å². The van der Waals surface area contributed by atoms with Crippen LogP contribution < -0.4 is 10.1 Å². The van der Waals surface area contributed by atoms with E-state index in [0.29, 0.717) is 11.4 Å². The molecule has 0 aliphatic rings. The zero-order valence-electron chi connectivity index (χ0n) is 11.8. The highest BCUT2D eigenvalue weighted by Crippen LogP contribution is 2.18. The summed E-state index contributed by atoms with van der Waals surface area (Å²) in [5, 5.41) is 21.8. The topological polar surface area (TPSA) is 119 Å². The van der Waals surface area contributed by atoms with Gasteiger partial charge in [-0.2, -0.15) is 0 Å². The minimum atomic E-state index is -1.09. The maximum atomic E-state index is 12.0. The molecule has 0 spiro atoms. The molecule has 0 bridgehead atoms. The molecule has 0 aromatic heterocycles. The van der Waals surface area contributed by atoms with Crippen LogP contribution in [0.1, 0.15) is 10.4 Å². The van der Waals surface area contributed by atoms with E-state index in [-0.39, 0.29) is 11.3 Å². The molecule has 0 radical (unpaired) electrons. The number of hydrogen-bond acceptors (Lipinski definition) is 5. The van der Waals surface area contributed by atoms with Crippen molar-refractivity contribution in [2.75, 3.05) is 11.9 Å². The van der Waals surface area contributed by atoms with E-state index in [2.05, 4.69) is 5.32 Å². The van der Waals surface area contributed by atoms with E-state index in [4.69, 9.17) is 9.84 Å². The molecule has 8 nitrogen and oxygen atoms in total. The minimum absolute atomic E-state index is 0.158. The number of hydrogen-bond donors (Lipinski definition) is 2. The largest absolute Gasteiger partial charge is 0.482 e. The van der Waals surface area contributed by atoms with Crippen molar-refractivity contribution in [1.82, 2.24) is 0 Å². The van der Waals surface area contributed by atoms with Crippen LogP contribution in [0, 0.1) is 10.1 Å². The summed E-state index contributed by atoms with van der Waals surface area (Å²) < 4.78 is 4.97. The highest BCUT2D eigenvalue weighted by atomic mass is 16.6. The molecule has 118 valence electrons. The molecule has 0 heterocycles. The van der Waals surface area contributed by atoms with E-state index in [1.165, 1.54) is 48.5 Å². The van der Waals surface area contributed by atoms with Crippen molar-refractivity contribution in [3.05, 3.63) is 64.2 Å². The molecular weight excluding hydrogens is 304 g/mol. The molecule has 0 aliphatic heterocycles. The van der Waals surface area contributed by atoms with Gasteiger partial charge in [-0.3, -0.25) is 14.9 Å². The SMILES string of the molecule is O=C(O)COc1ccc(NC(=O)c2cccc([N+](=O)[O-])c2)cc1. The lowest BCUT2D eigenvalue weighted by Gasteiger charge is -2.07. The molecule has 0 fully saturated rings. The number of nitro benzene ring substituents is 1. The fraction of sp³-hybridized carbons (Fsp3) is 0.0667. The smallest absolute Gasteiger partial charge is 0.341 e. The van der Waals surface area contributed by atoms with Crippen molar-refractivity contribution < 1.29 is 24.4 Å². The van der Waals surface area contributed by atoms with Gasteiger partial charge >= 0.3 is 5.97 Å². The summed E-state index contributed by atoms with van der Waals surface area (Å²) in [6, 6.07) is 11.4. The van der Waals surface area contributed by atoms with E-state index in [0.717, 1.165) is 0 Å². The summed E-state index contributed by atoms with van der Waals surface area (Å²) in [6.45, 7) is -0.459. The van der Waals surface area contributed by atoms with Crippen LogP contribution in [0.4, 0.5) is 11.4 Å². The van der Waals surface area contributed by atoms with Gasteiger partial charge in [-0.05, 0) is 30.3 Å². The Bertz CT molecular complexity index is 742. The normalized spacial score (nSPS) is 9.91. The third-order valence-corrected chi connectivity index (χ3v) is 2.79. The van der Waals surface area contributed by atoms with E-state index in [1.54, 1.807) is 0 Å². The van der Waals surface area contributed by atoms with Gasteiger partial charge in [0.15, 0.2) is 6.61 Å². The zero-order valence-corrected chi connectivity index (χ0v) is 11.8. The maximum Gasteiger partial charge on any atom is 0.341 e. The van der Waals surface area contributed by atoms with Crippen LogP contribution in [0.5, 0.6) is 5.75 Å². The van der Waals surface area contributed by atoms with Gasteiger partial charge in [0.25, 0.3) is 11.6 Å². The quantitative estimate of drug-likeness (QED) is 0.623. The number of carboxylic acids is 1. The molecule has 0 unspecified atom stereocenters. The van der Waals surface area contributed by atoms with Gasteiger partial charge in [0.1, 0.15) is 5.75 Å². The minimum Gasteiger partial charge on any atom is -0.482 e. The number of amides is 1. The van der Waals surface area contributed by atoms with Gasteiger partial charge in [0.05, 0.1) is 4.92 Å². The summed E-state index contributed by atoms with van der Waals surface area (Å²) in [4.78, 5) is 32.6. The second kappa shape index (κ2) is 7.03. The summed E-state index contributed by atoms with van der Waals surface area (Å²) in [7, 11) is 0. The Labute approximate surface area is 130 Å². The van der Waals surface area contributed by atoms with Gasteiger partial charge < -0.3 is 15.2 Å². The number of aliphatic carboxylic acids is 1. The summed E-state index contributed by atoms with van der Waals surface area (Å²) in [5.41, 5.74) is 0.435.